The first kappa shape index (κ1) is 22.7. The van der Waals surface area contributed by atoms with Gasteiger partial charge in [-0.2, -0.15) is 0 Å². The summed E-state index contributed by atoms with van der Waals surface area (Å²) < 4.78 is 0. The number of nitrogens with one attached hydrogen (secondary N) is 2. The Balaban J connectivity index is 0.00000280. The Morgan fingerprint density at radius 1 is 1.21 bits per heavy atom. The average Bonchev–Trinajstić information content (AvgIpc) is 3.45. The van der Waals surface area contributed by atoms with Crippen LogP contribution in [0.3, 0.4) is 0 Å². The van der Waals surface area contributed by atoms with E-state index in [1.807, 2.05) is 43.4 Å². The fourth-order valence-corrected chi connectivity index (χ4v) is 3.30. The van der Waals surface area contributed by atoms with E-state index in [2.05, 4.69) is 40.7 Å². The number of aliphatic imine (C=N–C) groups is 1. The van der Waals surface area contributed by atoms with E-state index in [4.69, 9.17) is 16.6 Å². The van der Waals surface area contributed by atoms with Crippen LogP contribution < -0.4 is 15.5 Å². The second-order valence-corrected chi connectivity index (χ2v) is 7.69. The summed E-state index contributed by atoms with van der Waals surface area (Å²) in [4.78, 5) is 11.1. The molecule has 0 spiro atoms. The first-order chi connectivity index (χ1) is 13.0. The number of halogens is 2. The van der Waals surface area contributed by atoms with Crippen molar-refractivity contribution in [3.8, 4) is 0 Å². The van der Waals surface area contributed by atoms with Crippen molar-refractivity contribution in [2.24, 2.45) is 4.99 Å². The summed E-state index contributed by atoms with van der Waals surface area (Å²) in [5.74, 6) is 1.78. The molecule has 0 aliphatic heterocycles. The number of aromatic nitrogens is 1. The first-order valence-corrected chi connectivity index (χ1v) is 9.81. The molecule has 1 heterocycles. The van der Waals surface area contributed by atoms with Gasteiger partial charge in [0.15, 0.2) is 5.96 Å². The molecule has 1 saturated carbocycles. The average molecular weight is 514 g/mol. The van der Waals surface area contributed by atoms with Crippen LogP contribution in [0.5, 0.6) is 0 Å². The number of pyridine rings is 1. The number of hydrogen-bond acceptors (Lipinski definition) is 3. The molecule has 7 heteroatoms. The van der Waals surface area contributed by atoms with Crippen molar-refractivity contribution in [1.82, 2.24) is 15.6 Å². The summed E-state index contributed by atoms with van der Waals surface area (Å²) in [6, 6.07) is 12.3. The molecule has 1 aromatic carbocycles. The molecule has 3 rings (SSSR count). The van der Waals surface area contributed by atoms with Gasteiger partial charge < -0.3 is 15.5 Å². The number of rotatable bonds is 7. The molecule has 0 saturated heterocycles. The van der Waals surface area contributed by atoms with Gasteiger partial charge in [-0.05, 0) is 55.2 Å². The highest BCUT2D eigenvalue weighted by Crippen LogP contribution is 2.48. The molecule has 1 aliphatic rings. The first-order valence-electron chi connectivity index (χ1n) is 9.43. The maximum atomic E-state index is 6.18. The van der Waals surface area contributed by atoms with Gasteiger partial charge in [-0.1, -0.05) is 23.7 Å². The maximum Gasteiger partial charge on any atom is 0.191 e. The highest BCUT2D eigenvalue weighted by molar-refractivity contribution is 14.0. The third kappa shape index (κ3) is 5.98. The Hall–Kier alpha value is -1.54. The molecule has 0 radical (unpaired) electrons. The minimum Gasteiger partial charge on any atom is -0.363 e. The fourth-order valence-electron chi connectivity index (χ4n) is 3.11. The Morgan fingerprint density at radius 3 is 2.64 bits per heavy atom. The van der Waals surface area contributed by atoms with Crippen molar-refractivity contribution < 1.29 is 0 Å². The minimum atomic E-state index is 0. The van der Waals surface area contributed by atoms with Crippen LogP contribution in [0.25, 0.3) is 0 Å². The summed E-state index contributed by atoms with van der Waals surface area (Å²) in [5, 5.41) is 7.66. The number of anilines is 1. The van der Waals surface area contributed by atoms with Crippen LogP contribution in [0.1, 0.15) is 30.9 Å². The van der Waals surface area contributed by atoms with Crippen LogP contribution in [-0.4, -0.2) is 38.1 Å². The van der Waals surface area contributed by atoms with Crippen molar-refractivity contribution in [3.63, 3.8) is 0 Å². The van der Waals surface area contributed by atoms with E-state index in [1.54, 1.807) is 0 Å². The summed E-state index contributed by atoms with van der Waals surface area (Å²) >= 11 is 6.18. The number of benzene rings is 1. The van der Waals surface area contributed by atoms with Crippen molar-refractivity contribution in [2.45, 2.75) is 31.7 Å². The van der Waals surface area contributed by atoms with Crippen molar-refractivity contribution in [1.29, 1.82) is 0 Å². The third-order valence-corrected chi connectivity index (χ3v) is 5.15. The van der Waals surface area contributed by atoms with Crippen LogP contribution in [0.2, 0.25) is 5.02 Å². The molecule has 2 aromatic rings. The molecule has 0 amide bonds. The van der Waals surface area contributed by atoms with Crippen molar-refractivity contribution in [3.05, 3.63) is 58.7 Å². The van der Waals surface area contributed by atoms with Crippen LogP contribution in [0.15, 0.2) is 47.6 Å². The molecule has 1 fully saturated rings. The standard InChI is InChI=1S/C21H28ClN5.HI/c1-4-23-20(25-14-16-8-11-24-19(12-16)27(2)3)26-15-21(9-10-21)17-6-5-7-18(22)13-17;/h5-8,11-13H,4,9-10,14-15H2,1-3H3,(H2,23,25,26);1H. The van der Waals surface area contributed by atoms with Gasteiger partial charge in [0.1, 0.15) is 5.82 Å². The van der Waals surface area contributed by atoms with E-state index < -0.39 is 0 Å². The quantitative estimate of drug-likeness (QED) is 0.331. The summed E-state index contributed by atoms with van der Waals surface area (Å²) in [6.07, 6.45) is 4.19. The summed E-state index contributed by atoms with van der Waals surface area (Å²) in [5.41, 5.74) is 2.63. The van der Waals surface area contributed by atoms with Gasteiger partial charge >= 0.3 is 0 Å². The topological polar surface area (TPSA) is 52.6 Å². The molecule has 1 aromatic heterocycles. The number of guanidine groups is 1. The predicted octanol–water partition coefficient (Wildman–Crippen LogP) is 4.21. The van der Waals surface area contributed by atoms with Gasteiger partial charge in [0.25, 0.3) is 0 Å². The normalized spacial score (nSPS) is 14.8. The maximum absolute atomic E-state index is 6.18. The lowest BCUT2D eigenvalue weighted by molar-refractivity contribution is 0.646. The SMILES string of the molecule is CCNC(=NCc1ccnc(N(C)C)c1)NCC1(c2cccc(Cl)c2)CC1.I. The molecule has 152 valence electrons. The molecule has 5 nitrogen and oxygen atoms in total. The van der Waals surface area contributed by atoms with E-state index in [-0.39, 0.29) is 29.4 Å². The Bertz CT molecular complexity index is 805. The molecule has 0 unspecified atom stereocenters. The van der Waals surface area contributed by atoms with E-state index in [9.17, 15) is 0 Å². The number of nitrogens with zero attached hydrogens (tertiary/aromatic N) is 3. The molecular weight excluding hydrogens is 485 g/mol. The van der Waals surface area contributed by atoms with Gasteiger partial charge in [0.05, 0.1) is 6.54 Å². The van der Waals surface area contributed by atoms with Gasteiger partial charge in [0.2, 0.25) is 0 Å². The lowest BCUT2D eigenvalue weighted by Gasteiger charge is -2.19. The highest BCUT2D eigenvalue weighted by atomic mass is 127. The zero-order valence-corrected chi connectivity index (χ0v) is 19.8. The lowest BCUT2D eigenvalue weighted by atomic mass is 9.96. The van der Waals surface area contributed by atoms with E-state index >= 15 is 0 Å². The van der Waals surface area contributed by atoms with Crippen molar-refractivity contribution >= 4 is 47.4 Å². The van der Waals surface area contributed by atoms with Gasteiger partial charge in [0, 0.05) is 43.8 Å². The smallest absolute Gasteiger partial charge is 0.191 e. The molecule has 0 bridgehead atoms. The van der Waals surface area contributed by atoms with E-state index in [0.717, 1.165) is 35.5 Å². The van der Waals surface area contributed by atoms with E-state index in [0.29, 0.717) is 6.54 Å². The molecular formula is C21H29ClIN5. The van der Waals surface area contributed by atoms with Crippen LogP contribution in [0, 0.1) is 0 Å². The van der Waals surface area contributed by atoms with Gasteiger partial charge in [-0.15, -0.1) is 24.0 Å². The minimum absolute atomic E-state index is 0. The summed E-state index contributed by atoms with van der Waals surface area (Å²) in [7, 11) is 3.98. The van der Waals surface area contributed by atoms with Crippen molar-refractivity contribution in [2.75, 3.05) is 32.1 Å². The largest absolute Gasteiger partial charge is 0.363 e. The highest BCUT2D eigenvalue weighted by Gasteiger charge is 2.44. The van der Waals surface area contributed by atoms with E-state index in [1.165, 1.54) is 18.4 Å². The zero-order chi connectivity index (χ0) is 19.3. The van der Waals surface area contributed by atoms with Crippen LogP contribution in [0.4, 0.5) is 5.82 Å². The molecule has 0 atom stereocenters. The second-order valence-electron chi connectivity index (χ2n) is 7.26. The third-order valence-electron chi connectivity index (χ3n) is 4.92. The second kappa shape index (κ2) is 10.3. The van der Waals surface area contributed by atoms with Gasteiger partial charge in [-0.25, -0.2) is 9.98 Å². The predicted molar refractivity (Wildman–Crippen MR) is 129 cm³/mol. The lowest BCUT2D eigenvalue weighted by Crippen LogP contribution is -2.41. The molecule has 28 heavy (non-hydrogen) atoms. The monoisotopic (exact) mass is 513 g/mol. The summed E-state index contributed by atoms with van der Waals surface area (Å²) in [6.45, 7) is 4.38. The van der Waals surface area contributed by atoms with Crippen LogP contribution >= 0.6 is 35.6 Å². The molecule has 2 N–H and O–H groups in total. The Labute approximate surface area is 190 Å². The van der Waals surface area contributed by atoms with Crippen LogP contribution in [-0.2, 0) is 12.0 Å². The fraction of sp³-hybridized carbons (Fsp3) is 0.429. The zero-order valence-electron chi connectivity index (χ0n) is 16.7. The molecule has 1 aliphatic carbocycles. The Morgan fingerprint density at radius 2 is 2.00 bits per heavy atom. The number of hydrogen-bond donors (Lipinski definition) is 2. The van der Waals surface area contributed by atoms with Gasteiger partial charge in [-0.3, -0.25) is 0 Å². The Kier molecular flexibility index (Phi) is 8.37.